The Labute approximate surface area is 151 Å². The van der Waals surface area contributed by atoms with Gasteiger partial charge in [0.2, 0.25) is 5.95 Å². The molecule has 0 saturated carbocycles. The quantitative estimate of drug-likeness (QED) is 0.873. The van der Waals surface area contributed by atoms with Gasteiger partial charge in [-0.1, -0.05) is 23.2 Å². The van der Waals surface area contributed by atoms with Crippen LogP contribution >= 0.6 is 23.2 Å². The molecule has 1 aliphatic rings. The van der Waals surface area contributed by atoms with Gasteiger partial charge in [0, 0.05) is 34.5 Å². The largest absolute Gasteiger partial charge is 0.337 e. The first kappa shape index (κ1) is 17.0. The maximum atomic E-state index is 12.6. The van der Waals surface area contributed by atoms with E-state index < -0.39 is 0 Å². The van der Waals surface area contributed by atoms with Crippen molar-refractivity contribution in [2.24, 2.45) is 0 Å². The Morgan fingerprint density at radius 3 is 2.38 bits per heavy atom. The van der Waals surface area contributed by atoms with Gasteiger partial charge >= 0.3 is 0 Å². The average molecular weight is 365 g/mol. The molecule has 2 heterocycles. The van der Waals surface area contributed by atoms with E-state index in [0.717, 1.165) is 31.6 Å². The maximum absolute atomic E-state index is 12.6. The second kappa shape index (κ2) is 7.36. The second-order valence-electron chi connectivity index (χ2n) is 5.85. The van der Waals surface area contributed by atoms with Gasteiger partial charge in [-0.3, -0.25) is 4.79 Å². The van der Waals surface area contributed by atoms with Crippen LogP contribution in [0, 0.1) is 6.92 Å². The number of hydrogen-bond acceptors (Lipinski definition) is 4. The normalized spacial score (nSPS) is 14.5. The number of carbonyl (C=O) groups excluding carboxylic acids is 1. The summed E-state index contributed by atoms with van der Waals surface area (Å²) in [5.74, 6) is 0.307. The average Bonchev–Trinajstić information content (AvgIpc) is 2.53. The summed E-state index contributed by atoms with van der Waals surface area (Å²) >= 11 is 12.0. The Kier molecular flexibility index (Phi) is 5.21. The summed E-state index contributed by atoms with van der Waals surface area (Å²) in [5, 5.41) is 4.09. The number of nitrogens with one attached hydrogen (secondary N) is 1. The first-order valence-corrected chi connectivity index (χ1v) is 8.65. The number of rotatable bonds is 3. The summed E-state index contributed by atoms with van der Waals surface area (Å²) in [6, 6.07) is 6.82. The van der Waals surface area contributed by atoms with Gasteiger partial charge in [-0.2, -0.15) is 0 Å². The topological polar surface area (TPSA) is 58.1 Å². The number of hydrogen-bond donors (Lipinski definition) is 1. The minimum absolute atomic E-state index is 0.0487. The molecule has 1 amide bonds. The van der Waals surface area contributed by atoms with Crippen molar-refractivity contribution < 1.29 is 4.79 Å². The lowest BCUT2D eigenvalue weighted by Crippen LogP contribution is -2.36. The predicted octanol–water partition coefficient (Wildman–Crippen LogP) is 4.46. The number of piperidine rings is 1. The van der Waals surface area contributed by atoms with Crippen molar-refractivity contribution in [2.45, 2.75) is 26.2 Å². The monoisotopic (exact) mass is 364 g/mol. The van der Waals surface area contributed by atoms with Crippen LogP contribution < -0.4 is 5.32 Å². The Hall–Kier alpha value is -1.85. The molecule has 1 fully saturated rings. The highest BCUT2D eigenvalue weighted by molar-refractivity contribution is 6.35. The molecule has 0 unspecified atom stereocenters. The third-order valence-corrected chi connectivity index (χ3v) is 4.27. The summed E-state index contributed by atoms with van der Waals surface area (Å²) < 4.78 is 0. The molecule has 3 rings (SSSR count). The summed E-state index contributed by atoms with van der Waals surface area (Å²) in [6.07, 6.45) is 3.26. The zero-order valence-corrected chi connectivity index (χ0v) is 14.9. The maximum Gasteiger partial charge on any atom is 0.272 e. The third kappa shape index (κ3) is 4.16. The lowest BCUT2D eigenvalue weighted by atomic mass is 10.1. The van der Waals surface area contributed by atoms with E-state index in [1.807, 2.05) is 11.8 Å². The Morgan fingerprint density at radius 2 is 1.71 bits per heavy atom. The van der Waals surface area contributed by atoms with Crippen LogP contribution in [-0.2, 0) is 0 Å². The summed E-state index contributed by atoms with van der Waals surface area (Å²) in [7, 11) is 0. The van der Waals surface area contributed by atoms with Crippen molar-refractivity contribution in [3.05, 3.63) is 45.7 Å². The number of amides is 1. The highest BCUT2D eigenvalue weighted by Crippen LogP contribution is 2.24. The van der Waals surface area contributed by atoms with Crippen molar-refractivity contribution in [3.8, 4) is 0 Å². The van der Waals surface area contributed by atoms with Crippen molar-refractivity contribution in [3.63, 3.8) is 0 Å². The molecular formula is C17H18Cl2N4O. The van der Waals surface area contributed by atoms with Crippen LogP contribution in [-0.4, -0.2) is 33.9 Å². The zero-order valence-electron chi connectivity index (χ0n) is 13.4. The summed E-state index contributed by atoms with van der Waals surface area (Å²) in [4.78, 5) is 23.2. The van der Waals surface area contributed by atoms with Crippen LogP contribution in [0.15, 0.2) is 24.3 Å². The highest BCUT2D eigenvalue weighted by Gasteiger charge is 2.20. The van der Waals surface area contributed by atoms with E-state index in [2.05, 4.69) is 15.3 Å². The van der Waals surface area contributed by atoms with Crippen LogP contribution in [0.1, 0.15) is 35.4 Å². The standard InChI is InChI=1S/C17H18Cl2N4O/c1-11-7-15(16(24)23-5-3-2-4-6-23)22-17(20-11)21-14-9-12(18)8-13(19)10-14/h7-10H,2-6H2,1H3,(H,20,21,22). The second-order valence-corrected chi connectivity index (χ2v) is 6.73. The fourth-order valence-corrected chi connectivity index (χ4v) is 3.27. The van der Waals surface area contributed by atoms with E-state index in [1.165, 1.54) is 6.42 Å². The van der Waals surface area contributed by atoms with E-state index in [4.69, 9.17) is 23.2 Å². The van der Waals surface area contributed by atoms with Crippen molar-refractivity contribution >= 4 is 40.7 Å². The molecule has 24 heavy (non-hydrogen) atoms. The van der Waals surface area contributed by atoms with Crippen LogP contribution in [0.25, 0.3) is 0 Å². The lowest BCUT2D eigenvalue weighted by Gasteiger charge is -2.26. The molecule has 0 spiro atoms. The number of carbonyl (C=O) groups is 1. The van der Waals surface area contributed by atoms with Gasteiger partial charge < -0.3 is 10.2 Å². The summed E-state index contributed by atoms with van der Waals surface area (Å²) in [6.45, 7) is 3.41. The number of benzene rings is 1. The van der Waals surface area contributed by atoms with Gasteiger partial charge in [0.15, 0.2) is 0 Å². The first-order chi connectivity index (χ1) is 11.5. The molecular weight excluding hydrogens is 347 g/mol. The minimum atomic E-state index is -0.0487. The molecule has 1 aliphatic heterocycles. The molecule has 7 heteroatoms. The SMILES string of the molecule is Cc1cc(C(=O)N2CCCCC2)nc(Nc2cc(Cl)cc(Cl)c2)n1. The highest BCUT2D eigenvalue weighted by atomic mass is 35.5. The summed E-state index contributed by atoms with van der Waals surface area (Å²) in [5.41, 5.74) is 1.80. The van der Waals surface area contributed by atoms with E-state index in [1.54, 1.807) is 24.3 Å². The Balaban J connectivity index is 1.84. The number of likely N-dealkylation sites (tertiary alicyclic amines) is 1. The molecule has 126 valence electrons. The molecule has 0 atom stereocenters. The van der Waals surface area contributed by atoms with Gasteiger partial charge in [0.1, 0.15) is 5.69 Å². The molecule has 1 aromatic carbocycles. The van der Waals surface area contributed by atoms with E-state index in [-0.39, 0.29) is 5.91 Å². The fourth-order valence-electron chi connectivity index (χ4n) is 2.75. The van der Waals surface area contributed by atoms with Gasteiger partial charge in [-0.25, -0.2) is 9.97 Å². The zero-order chi connectivity index (χ0) is 17.1. The molecule has 1 N–H and O–H groups in total. The number of halogens is 2. The van der Waals surface area contributed by atoms with Crippen molar-refractivity contribution in [2.75, 3.05) is 18.4 Å². The van der Waals surface area contributed by atoms with E-state index in [0.29, 0.717) is 27.4 Å². The number of nitrogens with zero attached hydrogens (tertiary/aromatic N) is 3. The van der Waals surface area contributed by atoms with Gasteiger partial charge in [0.05, 0.1) is 0 Å². The van der Waals surface area contributed by atoms with E-state index in [9.17, 15) is 4.79 Å². The van der Waals surface area contributed by atoms with Crippen LogP contribution in [0.2, 0.25) is 10.0 Å². The molecule has 0 aliphatic carbocycles. The predicted molar refractivity (Wildman–Crippen MR) is 96.3 cm³/mol. The molecule has 1 saturated heterocycles. The lowest BCUT2D eigenvalue weighted by molar-refractivity contribution is 0.0718. The smallest absolute Gasteiger partial charge is 0.272 e. The number of anilines is 2. The van der Waals surface area contributed by atoms with Gasteiger partial charge in [-0.05, 0) is 50.5 Å². The molecule has 2 aromatic rings. The molecule has 5 nitrogen and oxygen atoms in total. The van der Waals surface area contributed by atoms with Gasteiger partial charge in [0.25, 0.3) is 5.91 Å². The Bertz CT molecular complexity index is 740. The van der Waals surface area contributed by atoms with Crippen LogP contribution in [0.3, 0.4) is 0 Å². The number of aromatic nitrogens is 2. The van der Waals surface area contributed by atoms with Gasteiger partial charge in [-0.15, -0.1) is 0 Å². The minimum Gasteiger partial charge on any atom is -0.337 e. The Morgan fingerprint density at radius 1 is 1.04 bits per heavy atom. The third-order valence-electron chi connectivity index (χ3n) is 3.84. The van der Waals surface area contributed by atoms with Crippen LogP contribution in [0.5, 0.6) is 0 Å². The molecule has 0 radical (unpaired) electrons. The van der Waals surface area contributed by atoms with E-state index >= 15 is 0 Å². The van der Waals surface area contributed by atoms with Crippen molar-refractivity contribution in [1.82, 2.24) is 14.9 Å². The molecule has 0 bridgehead atoms. The number of aryl methyl sites for hydroxylation is 1. The fraction of sp³-hybridized carbons (Fsp3) is 0.353. The molecule has 1 aromatic heterocycles. The first-order valence-electron chi connectivity index (χ1n) is 7.89. The van der Waals surface area contributed by atoms with Crippen LogP contribution in [0.4, 0.5) is 11.6 Å². The van der Waals surface area contributed by atoms with Crippen molar-refractivity contribution in [1.29, 1.82) is 0 Å².